The summed E-state index contributed by atoms with van der Waals surface area (Å²) in [6.07, 6.45) is 2.37. The zero-order chi connectivity index (χ0) is 26.5. The minimum atomic E-state index is -0.159. The molecule has 196 valence electrons. The number of pyridine rings is 1. The summed E-state index contributed by atoms with van der Waals surface area (Å²) in [6, 6.07) is 19.3. The molecule has 0 fully saturated rings. The van der Waals surface area contributed by atoms with Crippen molar-refractivity contribution < 1.29 is 13.9 Å². The largest absolute Gasteiger partial charge is 0.493 e. The van der Waals surface area contributed by atoms with E-state index in [1.54, 1.807) is 31.2 Å². The maximum absolute atomic E-state index is 13.2. The molecule has 0 radical (unpaired) electrons. The molecule has 1 atom stereocenters. The molecule has 2 aromatic carbocycles. The van der Waals surface area contributed by atoms with Crippen molar-refractivity contribution in [1.29, 1.82) is 0 Å². The van der Waals surface area contributed by atoms with E-state index in [4.69, 9.17) is 13.9 Å². The molecule has 3 heterocycles. The highest BCUT2D eigenvalue weighted by Gasteiger charge is 2.26. The van der Waals surface area contributed by atoms with Gasteiger partial charge >= 0.3 is 0 Å². The molecule has 3 aromatic heterocycles. The molecule has 10 nitrogen and oxygen atoms in total. The van der Waals surface area contributed by atoms with E-state index in [1.165, 1.54) is 0 Å². The number of aromatic amines is 1. The number of hydrogen-bond acceptors (Lipinski definition) is 8. The molecule has 0 aliphatic rings. The molecule has 10 heteroatoms. The zero-order valence-corrected chi connectivity index (χ0v) is 21.6. The fraction of sp³-hybridized carbons (Fsp3) is 0.286. The number of ether oxygens (including phenoxy) is 2. The molecule has 38 heavy (non-hydrogen) atoms. The number of nitrogens with one attached hydrogen (secondary N) is 1. The van der Waals surface area contributed by atoms with Gasteiger partial charge < -0.3 is 18.9 Å². The third kappa shape index (κ3) is 5.30. The molecule has 0 aliphatic carbocycles. The summed E-state index contributed by atoms with van der Waals surface area (Å²) in [4.78, 5) is 18.5. The van der Waals surface area contributed by atoms with Crippen LogP contribution in [0, 0.1) is 0 Å². The van der Waals surface area contributed by atoms with Gasteiger partial charge in [-0.3, -0.25) is 9.69 Å². The molecule has 0 aliphatic heterocycles. The summed E-state index contributed by atoms with van der Waals surface area (Å²) in [5, 5.41) is 13.4. The zero-order valence-electron chi connectivity index (χ0n) is 21.6. The minimum absolute atomic E-state index is 0.152. The predicted octanol–water partition coefficient (Wildman–Crippen LogP) is 4.33. The van der Waals surface area contributed by atoms with E-state index in [-0.39, 0.29) is 11.6 Å². The SMILES string of the molecule is CC[C@@H](c1nnnn1Cc1ccco1)N(Cc1ccccc1)Cc1cc2cc(OC)c(OC)cc2[nH]c1=O. The summed E-state index contributed by atoms with van der Waals surface area (Å²) < 4.78 is 18.2. The van der Waals surface area contributed by atoms with Crippen LogP contribution in [0.4, 0.5) is 0 Å². The third-order valence-corrected chi connectivity index (χ3v) is 6.60. The number of methoxy groups -OCH3 is 2. The first-order chi connectivity index (χ1) is 18.6. The molecular formula is C28H30N6O4. The second-order valence-corrected chi connectivity index (χ2v) is 9.01. The summed E-state index contributed by atoms with van der Waals surface area (Å²) in [5.74, 6) is 2.63. The quantitative estimate of drug-likeness (QED) is 0.277. The van der Waals surface area contributed by atoms with Crippen LogP contribution in [-0.2, 0) is 19.6 Å². The average molecular weight is 515 g/mol. The molecule has 0 amide bonds. The number of fused-ring (bicyclic) bond motifs is 1. The van der Waals surface area contributed by atoms with Crippen LogP contribution in [0.15, 0.2) is 76.1 Å². The van der Waals surface area contributed by atoms with E-state index in [2.05, 4.69) is 44.5 Å². The summed E-state index contributed by atoms with van der Waals surface area (Å²) in [6.45, 7) is 3.51. The Morgan fingerprint density at radius 1 is 1.03 bits per heavy atom. The lowest BCUT2D eigenvalue weighted by Gasteiger charge is -2.30. The van der Waals surface area contributed by atoms with Crippen LogP contribution >= 0.6 is 0 Å². The van der Waals surface area contributed by atoms with E-state index >= 15 is 0 Å². The van der Waals surface area contributed by atoms with Crippen LogP contribution in [0.3, 0.4) is 0 Å². The Balaban J connectivity index is 1.53. The van der Waals surface area contributed by atoms with Crippen LogP contribution in [0.2, 0.25) is 0 Å². The van der Waals surface area contributed by atoms with E-state index in [0.29, 0.717) is 48.0 Å². The van der Waals surface area contributed by atoms with E-state index in [1.807, 2.05) is 42.5 Å². The molecule has 0 saturated carbocycles. The van der Waals surface area contributed by atoms with Gasteiger partial charge in [-0.05, 0) is 46.7 Å². The average Bonchev–Trinajstić information content (AvgIpc) is 3.62. The van der Waals surface area contributed by atoms with Gasteiger partial charge in [0.2, 0.25) is 0 Å². The second-order valence-electron chi connectivity index (χ2n) is 9.01. The lowest BCUT2D eigenvalue weighted by Crippen LogP contribution is -2.32. The lowest BCUT2D eigenvalue weighted by atomic mass is 10.1. The Hall–Kier alpha value is -4.44. The van der Waals surface area contributed by atoms with Crippen molar-refractivity contribution in [2.45, 2.75) is 39.0 Å². The maximum Gasteiger partial charge on any atom is 0.252 e. The van der Waals surface area contributed by atoms with Crippen LogP contribution in [0.5, 0.6) is 11.5 Å². The highest BCUT2D eigenvalue weighted by atomic mass is 16.5. The van der Waals surface area contributed by atoms with Crippen molar-refractivity contribution in [3.63, 3.8) is 0 Å². The fourth-order valence-corrected chi connectivity index (χ4v) is 4.73. The molecule has 0 bridgehead atoms. The second kappa shape index (κ2) is 11.3. The van der Waals surface area contributed by atoms with Crippen molar-refractivity contribution in [2.75, 3.05) is 14.2 Å². The van der Waals surface area contributed by atoms with Crippen molar-refractivity contribution in [2.24, 2.45) is 0 Å². The van der Waals surface area contributed by atoms with Gasteiger partial charge in [0.1, 0.15) is 12.3 Å². The van der Waals surface area contributed by atoms with E-state index in [9.17, 15) is 4.79 Å². The summed E-state index contributed by atoms with van der Waals surface area (Å²) in [7, 11) is 3.17. The van der Waals surface area contributed by atoms with Gasteiger partial charge in [-0.2, -0.15) is 0 Å². The molecule has 5 rings (SSSR count). The normalized spacial score (nSPS) is 12.2. The number of tetrazole rings is 1. The van der Waals surface area contributed by atoms with Crippen molar-refractivity contribution in [3.05, 3.63) is 100.0 Å². The first-order valence-electron chi connectivity index (χ1n) is 12.4. The van der Waals surface area contributed by atoms with Gasteiger partial charge in [-0.1, -0.05) is 37.3 Å². The molecule has 1 N–H and O–H groups in total. The molecule has 5 aromatic rings. The first-order valence-corrected chi connectivity index (χ1v) is 12.4. The van der Waals surface area contributed by atoms with Crippen LogP contribution in [0.1, 0.15) is 42.1 Å². The van der Waals surface area contributed by atoms with Crippen LogP contribution < -0.4 is 15.0 Å². The Morgan fingerprint density at radius 3 is 2.53 bits per heavy atom. The van der Waals surface area contributed by atoms with Crippen molar-refractivity contribution in [1.82, 2.24) is 30.1 Å². The van der Waals surface area contributed by atoms with Crippen molar-refractivity contribution in [3.8, 4) is 11.5 Å². The van der Waals surface area contributed by atoms with Crippen LogP contribution in [0.25, 0.3) is 10.9 Å². The Morgan fingerprint density at radius 2 is 1.82 bits per heavy atom. The van der Waals surface area contributed by atoms with E-state index in [0.717, 1.165) is 23.1 Å². The topological polar surface area (TPSA) is 111 Å². The lowest BCUT2D eigenvalue weighted by molar-refractivity contribution is 0.161. The first kappa shape index (κ1) is 25.2. The summed E-state index contributed by atoms with van der Waals surface area (Å²) in [5.41, 5.74) is 2.28. The van der Waals surface area contributed by atoms with Crippen LogP contribution in [-0.4, -0.2) is 44.3 Å². The maximum atomic E-state index is 13.2. The van der Waals surface area contributed by atoms with Crippen molar-refractivity contribution >= 4 is 10.9 Å². The monoisotopic (exact) mass is 514 g/mol. The highest BCUT2D eigenvalue weighted by molar-refractivity contribution is 5.83. The van der Waals surface area contributed by atoms with Gasteiger partial charge in [0.15, 0.2) is 17.3 Å². The molecule has 0 spiro atoms. The minimum Gasteiger partial charge on any atom is -0.493 e. The number of H-pyrrole nitrogens is 1. The Kier molecular flexibility index (Phi) is 7.50. The molecule has 0 saturated heterocycles. The van der Waals surface area contributed by atoms with Gasteiger partial charge in [-0.25, -0.2) is 4.68 Å². The van der Waals surface area contributed by atoms with Gasteiger partial charge in [0.25, 0.3) is 5.56 Å². The van der Waals surface area contributed by atoms with Gasteiger partial charge in [-0.15, -0.1) is 5.10 Å². The summed E-state index contributed by atoms with van der Waals surface area (Å²) >= 11 is 0. The van der Waals surface area contributed by atoms with E-state index < -0.39 is 0 Å². The third-order valence-electron chi connectivity index (χ3n) is 6.60. The smallest absolute Gasteiger partial charge is 0.252 e. The molecular weight excluding hydrogens is 484 g/mol. The predicted molar refractivity (Wildman–Crippen MR) is 142 cm³/mol. The number of benzene rings is 2. The highest BCUT2D eigenvalue weighted by Crippen LogP contribution is 2.32. The molecule has 0 unspecified atom stereocenters. The number of hydrogen-bond donors (Lipinski definition) is 1. The number of furan rings is 1. The fourth-order valence-electron chi connectivity index (χ4n) is 4.73. The number of aromatic nitrogens is 5. The van der Waals surface area contributed by atoms with Gasteiger partial charge in [0, 0.05) is 30.1 Å². The Bertz CT molecular complexity index is 1550. The Labute approximate surface area is 219 Å². The number of nitrogens with zero attached hydrogens (tertiary/aromatic N) is 5. The van der Waals surface area contributed by atoms with Gasteiger partial charge in [0.05, 0.1) is 32.0 Å². The standard InChI is InChI=1S/C28H30N6O4/c1-4-24(27-30-31-32-34(27)18-22-11-8-12-38-22)33(16-19-9-6-5-7-10-19)17-21-13-20-14-25(36-2)26(37-3)15-23(20)29-28(21)35/h5-15,24H,4,16-18H2,1-3H3,(H,29,35)/t24-/m0/s1. The number of rotatable bonds is 11.